The molecule has 0 amide bonds. The summed E-state index contributed by atoms with van der Waals surface area (Å²) in [6.07, 6.45) is 24.2. The van der Waals surface area contributed by atoms with Gasteiger partial charge in [0.2, 0.25) is 0 Å². The van der Waals surface area contributed by atoms with Gasteiger partial charge in [-0.2, -0.15) is 0 Å². The second-order valence-corrected chi connectivity index (χ2v) is 19.7. The van der Waals surface area contributed by atoms with Gasteiger partial charge < -0.3 is 18.5 Å². The van der Waals surface area contributed by atoms with Crippen LogP contribution in [0.5, 0.6) is 5.75 Å². The number of hydrogen-bond acceptors (Lipinski definition) is 7. The molecule has 4 aliphatic carbocycles. The van der Waals surface area contributed by atoms with E-state index in [0.29, 0.717) is 41.0 Å². The monoisotopic (exact) mass is 828 g/mol. The maximum Gasteiger partial charge on any atom is 0.397 e. The quantitative estimate of drug-likeness (QED) is 0.198. The molecule has 0 saturated heterocycles. The molecule has 5 rings (SSSR count). The largest absolute Gasteiger partial charge is 0.425 e. The molecule has 4 saturated carbocycles. The van der Waals surface area contributed by atoms with Crippen molar-refractivity contribution in [3.05, 3.63) is 24.0 Å². The predicted octanol–water partition coefficient (Wildman–Crippen LogP) is 16.2. The summed E-state index contributed by atoms with van der Waals surface area (Å²) >= 11 is 0. The second kappa shape index (κ2) is 32.4. The van der Waals surface area contributed by atoms with E-state index >= 15 is 0 Å². The molecule has 0 aromatic carbocycles. The smallest absolute Gasteiger partial charge is 0.397 e. The van der Waals surface area contributed by atoms with Crippen LogP contribution in [0.3, 0.4) is 0 Å². The molecule has 1 aromatic heterocycles. The Bertz CT molecular complexity index is 1060. The molecule has 1 aromatic rings. The molecule has 7 unspecified atom stereocenters. The molecule has 0 aliphatic heterocycles. The van der Waals surface area contributed by atoms with Gasteiger partial charge in [0.05, 0.1) is 18.3 Å². The average molecular weight is 828 g/mol. The molecular weight excluding hydrogens is 736 g/mol. The molecule has 9 atom stereocenters. The maximum atomic E-state index is 10.5. The van der Waals surface area contributed by atoms with E-state index < -0.39 is 17.2 Å². The van der Waals surface area contributed by atoms with E-state index in [-0.39, 0.29) is 24.9 Å². The minimum atomic E-state index is -1.98. The van der Waals surface area contributed by atoms with Gasteiger partial charge in [-0.1, -0.05) is 167 Å². The van der Waals surface area contributed by atoms with Gasteiger partial charge in [0.25, 0.3) is 0 Å². The first kappa shape index (κ1) is 53.6. The zero-order valence-electron chi connectivity index (χ0n) is 38.8. The summed E-state index contributed by atoms with van der Waals surface area (Å²) in [6.45, 7) is 28.8. The summed E-state index contributed by atoms with van der Waals surface area (Å²) in [5.41, 5.74) is 0.619. The Balaban J connectivity index is 0.000000772. The van der Waals surface area contributed by atoms with Crippen LogP contribution in [0.25, 0.3) is 0 Å². The van der Waals surface area contributed by atoms with E-state index in [1.165, 1.54) is 77.0 Å². The molecular formula is C47H91NO6P2. The molecule has 56 heavy (non-hydrogen) atoms. The molecule has 9 heteroatoms. The fourth-order valence-corrected chi connectivity index (χ4v) is 10.3. The molecule has 1 heterocycles. The van der Waals surface area contributed by atoms with Gasteiger partial charge in [-0.15, -0.1) is 0 Å². The number of nitrogens with zero attached hydrogens (tertiary/aromatic N) is 1. The van der Waals surface area contributed by atoms with E-state index in [1.807, 2.05) is 26.0 Å². The summed E-state index contributed by atoms with van der Waals surface area (Å²) in [7, 11) is -3.60. The van der Waals surface area contributed by atoms with E-state index in [9.17, 15) is 4.89 Å². The third-order valence-electron chi connectivity index (χ3n) is 11.5. The number of aromatic nitrogens is 1. The SMILES string of the molecule is CC.CC1CCCC(OP(O)OCc2ncccc2OP(OC2CCCC(C)C2)O[C@@H]2C[C@H](C)CCC2C(C)C)C1.CCC.CCC.CCC1CCC(C)CC1. The van der Waals surface area contributed by atoms with Crippen LogP contribution in [0.4, 0.5) is 0 Å². The molecule has 7 nitrogen and oxygen atoms in total. The van der Waals surface area contributed by atoms with Crippen LogP contribution < -0.4 is 4.52 Å². The Morgan fingerprint density at radius 3 is 1.77 bits per heavy atom. The first-order chi connectivity index (χ1) is 26.9. The third-order valence-corrected chi connectivity index (χ3v) is 13.6. The molecule has 330 valence electrons. The first-order valence-electron chi connectivity index (χ1n) is 23.5. The predicted molar refractivity (Wildman–Crippen MR) is 242 cm³/mol. The van der Waals surface area contributed by atoms with Crippen molar-refractivity contribution >= 4 is 17.2 Å². The molecule has 0 spiro atoms. The molecule has 4 aliphatic rings. The van der Waals surface area contributed by atoms with Crippen molar-refractivity contribution in [1.82, 2.24) is 4.98 Å². The van der Waals surface area contributed by atoms with Gasteiger partial charge in [-0.3, -0.25) is 14.0 Å². The molecule has 4 fully saturated rings. The lowest BCUT2D eigenvalue weighted by molar-refractivity contribution is 0.0180. The Hall–Kier alpha value is -0.390. The van der Waals surface area contributed by atoms with E-state index in [0.717, 1.165) is 50.4 Å². The Morgan fingerprint density at radius 1 is 0.696 bits per heavy atom. The van der Waals surface area contributed by atoms with Crippen LogP contribution in [0.15, 0.2) is 18.3 Å². The van der Waals surface area contributed by atoms with Gasteiger partial charge >= 0.3 is 17.2 Å². The lowest BCUT2D eigenvalue weighted by Crippen LogP contribution is -2.34. The van der Waals surface area contributed by atoms with Crippen LogP contribution in [-0.4, -0.2) is 28.2 Å². The maximum absolute atomic E-state index is 10.5. The topological polar surface area (TPSA) is 79.3 Å². The summed E-state index contributed by atoms with van der Waals surface area (Å²) in [6, 6.07) is 3.75. The van der Waals surface area contributed by atoms with E-state index in [2.05, 4.69) is 81.1 Å². The van der Waals surface area contributed by atoms with Gasteiger partial charge in [-0.05, 0) is 92.1 Å². The zero-order valence-corrected chi connectivity index (χ0v) is 40.6. The number of rotatable bonds is 13. The Kier molecular flexibility index (Phi) is 31.0. The molecule has 0 radical (unpaired) electrons. The summed E-state index contributed by atoms with van der Waals surface area (Å²) < 4.78 is 31.5. The minimum absolute atomic E-state index is 0.0589. The van der Waals surface area contributed by atoms with Gasteiger partial charge in [0, 0.05) is 6.20 Å². The van der Waals surface area contributed by atoms with Gasteiger partial charge in [0.1, 0.15) is 12.3 Å². The normalized spacial score (nSPS) is 30.0. The fourth-order valence-electron chi connectivity index (χ4n) is 8.19. The highest BCUT2D eigenvalue weighted by Gasteiger charge is 2.37. The lowest BCUT2D eigenvalue weighted by atomic mass is 9.75. The summed E-state index contributed by atoms with van der Waals surface area (Å²) in [5.74, 6) is 5.63. The highest BCUT2D eigenvalue weighted by molar-refractivity contribution is 7.42. The van der Waals surface area contributed by atoms with Crippen LogP contribution >= 0.6 is 17.2 Å². The first-order valence-corrected chi connectivity index (χ1v) is 25.7. The van der Waals surface area contributed by atoms with Crippen molar-refractivity contribution in [2.75, 3.05) is 0 Å². The number of pyridine rings is 1. The molecule has 1 N–H and O–H groups in total. The van der Waals surface area contributed by atoms with Crippen LogP contribution in [-0.2, 0) is 24.7 Å². The zero-order chi connectivity index (χ0) is 41.9. The van der Waals surface area contributed by atoms with Crippen molar-refractivity contribution < 1.29 is 27.5 Å². The average Bonchev–Trinajstić information content (AvgIpc) is 3.16. The van der Waals surface area contributed by atoms with E-state index in [1.54, 1.807) is 6.20 Å². The van der Waals surface area contributed by atoms with Crippen LogP contribution in [0, 0.1) is 41.4 Å². The number of hydrogen-bond donors (Lipinski definition) is 1. The van der Waals surface area contributed by atoms with Crippen molar-refractivity contribution in [3.63, 3.8) is 0 Å². The van der Waals surface area contributed by atoms with Crippen LogP contribution in [0.1, 0.15) is 211 Å². The van der Waals surface area contributed by atoms with Crippen molar-refractivity contribution in [3.8, 4) is 5.75 Å². The summed E-state index contributed by atoms with van der Waals surface area (Å²) in [4.78, 5) is 15.0. The standard InChI is InChI=1S/C30H51NO6P2.C9H18.2C3H8.C2H6/c1-21(2)27-15-14-24(5)19-30(27)37-39(35-26-12-7-10-23(4)18-26)36-29-13-8-16-31-28(29)20-33-38(32)34-25-11-6-9-22(3)17-25;1-3-9-6-4-8(2)5-7-9;2*1-3-2;1-2/h8,13,16,21-27,30,32H,6-7,9-12,14-15,17-20H2,1-5H3;8-9H,3-7H2,1-2H3;2*3H2,1-2H3;1-2H3/t22?,23?,24-,25?,26?,27?,30-,38?,39?;;;;/m1..../s1. The lowest BCUT2D eigenvalue weighted by Gasteiger charge is -2.38. The second-order valence-electron chi connectivity index (χ2n) is 17.7. The van der Waals surface area contributed by atoms with Gasteiger partial charge in [-0.25, -0.2) is 0 Å². The van der Waals surface area contributed by atoms with Crippen molar-refractivity contribution in [2.45, 2.75) is 231 Å². The Labute approximate surface area is 350 Å². The van der Waals surface area contributed by atoms with Crippen LogP contribution in [0.2, 0.25) is 0 Å². The third kappa shape index (κ3) is 22.8. The van der Waals surface area contributed by atoms with Gasteiger partial charge in [0.15, 0.2) is 5.75 Å². The Morgan fingerprint density at radius 2 is 1.23 bits per heavy atom. The highest BCUT2D eigenvalue weighted by Crippen LogP contribution is 2.50. The fraction of sp³-hybridized carbons (Fsp3) is 0.894. The highest BCUT2D eigenvalue weighted by atomic mass is 31.2. The minimum Gasteiger partial charge on any atom is -0.425 e. The van der Waals surface area contributed by atoms with E-state index in [4.69, 9.17) is 22.6 Å². The van der Waals surface area contributed by atoms with Crippen molar-refractivity contribution in [1.29, 1.82) is 0 Å². The van der Waals surface area contributed by atoms with Crippen molar-refractivity contribution in [2.24, 2.45) is 41.4 Å². The molecule has 0 bridgehead atoms. The summed E-state index contributed by atoms with van der Waals surface area (Å²) in [5, 5.41) is 0.